The largest absolute Gasteiger partial charge is 0.394 e. The third-order valence-corrected chi connectivity index (χ3v) is 2.51. The van der Waals surface area contributed by atoms with Gasteiger partial charge in [-0.3, -0.25) is 4.79 Å². The number of carbonyl (C=O) groups is 1. The first-order chi connectivity index (χ1) is 7.06. The van der Waals surface area contributed by atoms with E-state index in [9.17, 15) is 4.79 Å². The molecule has 1 atom stereocenters. The molecule has 0 fully saturated rings. The van der Waals surface area contributed by atoms with E-state index in [1.165, 1.54) is 0 Å². The van der Waals surface area contributed by atoms with Crippen LogP contribution in [0.1, 0.15) is 22.8 Å². The zero-order valence-corrected chi connectivity index (χ0v) is 9.40. The first-order valence-electron chi connectivity index (χ1n) is 5.01. The monoisotopic (exact) mass is 207 g/mol. The fourth-order valence-electron chi connectivity index (χ4n) is 1.30. The van der Waals surface area contributed by atoms with Gasteiger partial charge in [-0.2, -0.15) is 0 Å². The highest BCUT2D eigenvalue weighted by molar-refractivity contribution is 5.94. The number of hydrogen-bond acceptors (Lipinski definition) is 2. The van der Waals surface area contributed by atoms with E-state index in [1.807, 2.05) is 32.0 Å². The number of aliphatic hydroxyl groups excluding tert-OH is 1. The van der Waals surface area contributed by atoms with Gasteiger partial charge in [-0.15, -0.1) is 0 Å². The summed E-state index contributed by atoms with van der Waals surface area (Å²) < 4.78 is 0. The normalized spacial score (nSPS) is 12.3. The molecule has 3 heteroatoms. The first kappa shape index (κ1) is 11.7. The number of rotatable bonds is 3. The van der Waals surface area contributed by atoms with Gasteiger partial charge in [0.2, 0.25) is 0 Å². The summed E-state index contributed by atoms with van der Waals surface area (Å²) >= 11 is 0. The highest BCUT2D eigenvalue weighted by Crippen LogP contribution is 2.08. The molecule has 0 aromatic heterocycles. The van der Waals surface area contributed by atoms with Gasteiger partial charge in [0.15, 0.2) is 0 Å². The second-order valence-corrected chi connectivity index (χ2v) is 3.82. The van der Waals surface area contributed by atoms with Crippen LogP contribution in [0.25, 0.3) is 0 Å². The fraction of sp³-hybridized carbons (Fsp3) is 0.417. The number of amides is 1. The Morgan fingerprint density at radius 2 is 2.20 bits per heavy atom. The molecule has 0 spiro atoms. The van der Waals surface area contributed by atoms with Crippen molar-refractivity contribution in [1.82, 2.24) is 4.90 Å². The first-order valence-corrected chi connectivity index (χ1v) is 5.01. The minimum atomic E-state index is -0.155. The van der Waals surface area contributed by atoms with Crippen LogP contribution >= 0.6 is 0 Å². The molecule has 0 aliphatic carbocycles. The number of hydrogen-bond donors (Lipinski definition) is 1. The van der Waals surface area contributed by atoms with E-state index in [1.54, 1.807) is 18.0 Å². The van der Waals surface area contributed by atoms with Crippen molar-refractivity contribution in [2.75, 3.05) is 13.7 Å². The van der Waals surface area contributed by atoms with Crippen LogP contribution < -0.4 is 0 Å². The van der Waals surface area contributed by atoms with Crippen LogP contribution in [0.4, 0.5) is 0 Å². The molecule has 0 heterocycles. The predicted octanol–water partition coefficient (Wildman–Crippen LogP) is 1.45. The van der Waals surface area contributed by atoms with Crippen LogP contribution in [0.2, 0.25) is 0 Å². The number of benzene rings is 1. The van der Waals surface area contributed by atoms with Gasteiger partial charge in [0, 0.05) is 12.6 Å². The highest BCUT2D eigenvalue weighted by Gasteiger charge is 2.16. The van der Waals surface area contributed by atoms with E-state index in [4.69, 9.17) is 5.11 Å². The molecule has 3 nitrogen and oxygen atoms in total. The van der Waals surface area contributed by atoms with E-state index in [2.05, 4.69) is 0 Å². The van der Waals surface area contributed by atoms with E-state index >= 15 is 0 Å². The molecule has 1 rings (SSSR count). The Hall–Kier alpha value is -1.35. The summed E-state index contributed by atoms with van der Waals surface area (Å²) in [4.78, 5) is 13.5. The summed E-state index contributed by atoms with van der Waals surface area (Å²) in [6.07, 6.45) is 0. The lowest BCUT2D eigenvalue weighted by Gasteiger charge is -2.23. The third-order valence-electron chi connectivity index (χ3n) is 2.51. The van der Waals surface area contributed by atoms with Gasteiger partial charge >= 0.3 is 0 Å². The fourth-order valence-corrected chi connectivity index (χ4v) is 1.30. The minimum absolute atomic E-state index is 0.0198. The molecule has 1 aromatic carbocycles. The van der Waals surface area contributed by atoms with E-state index in [-0.39, 0.29) is 18.6 Å². The van der Waals surface area contributed by atoms with Crippen molar-refractivity contribution in [3.8, 4) is 0 Å². The van der Waals surface area contributed by atoms with Gasteiger partial charge in [0.1, 0.15) is 0 Å². The zero-order valence-electron chi connectivity index (χ0n) is 9.40. The van der Waals surface area contributed by atoms with Crippen molar-refractivity contribution in [3.63, 3.8) is 0 Å². The Balaban J connectivity index is 2.85. The van der Waals surface area contributed by atoms with Crippen LogP contribution in [0.15, 0.2) is 24.3 Å². The zero-order chi connectivity index (χ0) is 11.4. The molecule has 1 aromatic rings. The van der Waals surface area contributed by atoms with Gasteiger partial charge in [0.25, 0.3) is 5.91 Å². The topological polar surface area (TPSA) is 40.5 Å². The molecule has 82 valence electrons. The summed E-state index contributed by atoms with van der Waals surface area (Å²) in [5.74, 6) is -0.0553. The maximum absolute atomic E-state index is 11.9. The molecular formula is C12H17NO2. The summed E-state index contributed by atoms with van der Waals surface area (Å²) in [6.45, 7) is 3.74. The number of nitrogens with zero attached hydrogens (tertiary/aromatic N) is 1. The molecule has 0 bridgehead atoms. The van der Waals surface area contributed by atoms with Crippen molar-refractivity contribution in [3.05, 3.63) is 35.4 Å². The van der Waals surface area contributed by atoms with Gasteiger partial charge in [-0.25, -0.2) is 0 Å². The van der Waals surface area contributed by atoms with Crippen LogP contribution in [0, 0.1) is 6.92 Å². The maximum Gasteiger partial charge on any atom is 0.253 e. The van der Waals surface area contributed by atoms with Crippen LogP contribution in [-0.2, 0) is 0 Å². The number of aliphatic hydroxyl groups is 1. The summed E-state index contributed by atoms with van der Waals surface area (Å²) in [7, 11) is 1.70. The van der Waals surface area contributed by atoms with Crippen molar-refractivity contribution >= 4 is 5.91 Å². The van der Waals surface area contributed by atoms with E-state index < -0.39 is 0 Å². The van der Waals surface area contributed by atoms with Gasteiger partial charge < -0.3 is 10.0 Å². The molecule has 0 saturated heterocycles. The molecule has 1 amide bonds. The lowest BCUT2D eigenvalue weighted by atomic mass is 10.1. The lowest BCUT2D eigenvalue weighted by molar-refractivity contribution is 0.0682. The Labute approximate surface area is 90.3 Å². The summed E-state index contributed by atoms with van der Waals surface area (Å²) in [5, 5.41) is 8.96. The molecule has 1 N–H and O–H groups in total. The van der Waals surface area contributed by atoms with Crippen molar-refractivity contribution in [2.24, 2.45) is 0 Å². The van der Waals surface area contributed by atoms with Crippen LogP contribution in [-0.4, -0.2) is 35.6 Å². The van der Waals surface area contributed by atoms with Gasteiger partial charge in [-0.05, 0) is 26.0 Å². The molecule has 0 aliphatic rings. The molecule has 0 aliphatic heterocycles. The van der Waals surface area contributed by atoms with Crippen molar-refractivity contribution < 1.29 is 9.90 Å². The van der Waals surface area contributed by atoms with Gasteiger partial charge in [0.05, 0.1) is 12.6 Å². The Morgan fingerprint density at radius 3 is 2.73 bits per heavy atom. The van der Waals surface area contributed by atoms with E-state index in [0.29, 0.717) is 5.56 Å². The predicted molar refractivity (Wildman–Crippen MR) is 59.8 cm³/mol. The number of carbonyl (C=O) groups excluding carboxylic acids is 1. The quantitative estimate of drug-likeness (QED) is 0.815. The minimum Gasteiger partial charge on any atom is -0.394 e. The van der Waals surface area contributed by atoms with Crippen molar-refractivity contribution in [1.29, 1.82) is 0 Å². The number of likely N-dealkylation sites (N-methyl/N-ethyl adjacent to an activating group) is 1. The lowest BCUT2D eigenvalue weighted by Crippen LogP contribution is -2.37. The third kappa shape index (κ3) is 2.80. The van der Waals surface area contributed by atoms with Crippen LogP contribution in [0.3, 0.4) is 0 Å². The second-order valence-electron chi connectivity index (χ2n) is 3.82. The highest BCUT2D eigenvalue weighted by atomic mass is 16.3. The summed E-state index contributed by atoms with van der Waals surface area (Å²) in [6, 6.07) is 7.29. The summed E-state index contributed by atoms with van der Waals surface area (Å²) in [5.41, 5.74) is 1.73. The standard InChI is InChI=1S/C12H17NO2/c1-9-5-4-6-11(7-9)12(15)13(3)10(2)8-14/h4-7,10,14H,8H2,1-3H3. The molecular weight excluding hydrogens is 190 g/mol. The smallest absolute Gasteiger partial charge is 0.253 e. The molecule has 0 radical (unpaired) electrons. The Morgan fingerprint density at radius 1 is 1.53 bits per heavy atom. The Bertz CT molecular complexity index is 349. The molecule has 0 saturated carbocycles. The average molecular weight is 207 g/mol. The Kier molecular flexibility index (Phi) is 3.86. The average Bonchev–Trinajstić information content (AvgIpc) is 2.26. The molecule has 15 heavy (non-hydrogen) atoms. The van der Waals surface area contributed by atoms with Gasteiger partial charge in [-0.1, -0.05) is 17.7 Å². The van der Waals surface area contributed by atoms with E-state index in [0.717, 1.165) is 5.56 Å². The van der Waals surface area contributed by atoms with Crippen LogP contribution in [0.5, 0.6) is 0 Å². The second kappa shape index (κ2) is 4.94. The van der Waals surface area contributed by atoms with Crippen molar-refractivity contribution in [2.45, 2.75) is 19.9 Å². The molecule has 1 unspecified atom stereocenters. The SMILES string of the molecule is Cc1cccc(C(=O)N(C)C(C)CO)c1. The number of aryl methyl sites for hydroxylation is 1. The maximum atomic E-state index is 11.9.